The Bertz CT molecular complexity index is 822. The minimum Gasteiger partial charge on any atom is -0.480 e. The van der Waals surface area contributed by atoms with Gasteiger partial charge in [-0.05, 0) is 77.0 Å². The zero-order valence-corrected chi connectivity index (χ0v) is 30.5. The van der Waals surface area contributed by atoms with Crippen molar-refractivity contribution in [2.75, 3.05) is 13.1 Å². The third-order valence-corrected chi connectivity index (χ3v) is 7.58. The van der Waals surface area contributed by atoms with Crippen molar-refractivity contribution in [3.63, 3.8) is 0 Å². The summed E-state index contributed by atoms with van der Waals surface area (Å²) in [5.41, 5.74) is 0. The molecule has 0 saturated heterocycles. The van der Waals surface area contributed by atoms with Gasteiger partial charge in [0.1, 0.15) is 13.1 Å². The smallest absolute Gasteiger partial charge is 0.322 e. The van der Waals surface area contributed by atoms with E-state index in [0.717, 1.165) is 64.2 Å². The van der Waals surface area contributed by atoms with E-state index in [2.05, 4.69) is 73.1 Å². The number of amides is 2. The summed E-state index contributed by atoms with van der Waals surface area (Å²) in [6, 6.07) is 0. The SMILES string of the molecule is CCCCC/C=C\C/C=C\CCCCCCCC(=O)NCC(=O)O.CCCCC/C=C\C/C=C\CCCCCCCC(=O)NCC(=O)O. The van der Waals surface area contributed by atoms with Gasteiger partial charge < -0.3 is 20.8 Å². The van der Waals surface area contributed by atoms with Gasteiger partial charge in [0.05, 0.1) is 0 Å². The van der Waals surface area contributed by atoms with Crippen LogP contribution in [0, 0.1) is 0 Å². The molecule has 0 atom stereocenters. The van der Waals surface area contributed by atoms with E-state index < -0.39 is 11.9 Å². The Kier molecular flexibility index (Phi) is 39.1. The van der Waals surface area contributed by atoms with E-state index in [4.69, 9.17) is 10.2 Å². The first-order valence-electron chi connectivity index (χ1n) is 18.9. The summed E-state index contributed by atoms with van der Waals surface area (Å²) in [4.78, 5) is 43.2. The first-order valence-corrected chi connectivity index (χ1v) is 18.9. The van der Waals surface area contributed by atoms with Crippen LogP contribution in [0.25, 0.3) is 0 Å². The number of carbonyl (C=O) groups is 4. The topological polar surface area (TPSA) is 133 Å². The van der Waals surface area contributed by atoms with E-state index in [1.54, 1.807) is 0 Å². The number of aliphatic carboxylic acids is 2. The van der Waals surface area contributed by atoms with Crippen LogP contribution in [0.1, 0.15) is 168 Å². The summed E-state index contributed by atoms with van der Waals surface area (Å²) < 4.78 is 0. The van der Waals surface area contributed by atoms with E-state index >= 15 is 0 Å². The average Bonchev–Trinajstić information content (AvgIpc) is 3.06. The molecule has 0 radical (unpaired) electrons. The van der Waals surface area contributed by atoms with Gasteiger partial charge in [-0.3, -0.25) is 19.2 Å². The zero-order chi connectivity index (χ0) is 35.8. The van der Waals surface area contributed by atoms with Crippen molar-refractivity contribution in [1.29, 1.82) is 0 Å². The van der Waals surface area contributed by atoms with E-state index in [0.29, 0.717) is 12.8 Å². The molecule has 0 aromatic heterocycles. The Morgan fingerprint density at radius 3 is 1.02 bits per heavy atom. The summed E-state index contributed by atoms with van der Waals surface area (Å²) in [6.45, 7) is 3.90. The molecule has 276 valence electrons. The predicted molar refractivity (Wildman–Crippen MR) is 200 cm³/mol. The van der Waals surface area contributed by atoms with E-state index in [1.807, 2.05) is 0 Å². The summed E-state index contributed by atoms with van der Waals surface area (Å²) in [5, 5.41) is 21.6. The molecule has 0 saturated carbocycles. The minimum atomic E-state index is -0.997. The standard InChI is InChI=1S/2C20H35NO3/c2*1-2-3-4-5-6-7-8-9-10-11-12-13-14-15-16-17-19(22)21-18-20(23)24/h2*6-7,9-10H,2-5,8,11-18H2,1H3,(H,21,22)(H,23,24)/b2*7-6-,10-9-. The van der Waals surface area contributed by atoms with Crippen LogP contribution in [0.15, 0.2) is 48.6 Å². The van der Waals surface area contributed by atoms with E-state index in [-0.39, 0.29) is 24.9 Å². The van der Waals surface area contributed by atoms with Gasteiger partial charge >= 0.3 is 11.9 Å². The van der Waals surface area contributed by atoms with Gasteiger partial charge in [0.2, 0.25) is 11.8 Å². The van der Waals surface area contributed by atoms with Crippen LogP contribution in [0.5, 0.6) is 0 Å². The van der Waals surface area contributed by atoms with Gasteiger partial charge in [0, 0.05) is 12.8 Å². The fourth-order valence-electron chi connectivity index (χ4n) is 4.72. The molecule has 0 bridgehead atoms. The monoisotopic (exact) mass is 675 g/mol. The van der Waals surface area contributed by atoms with Crippen LogP contribution in [-0.2, 0) is 19.2 Å². The Morgan fingerprint density at radius 1 is 0.417 bits per heavy atom. The quantitative estimate of drug-likeness (QED) is 0.0415. The minimum absolute atomic E-state index is 0.164. The Balaban J connectivity index is 0. The molecule has 48 heavy (non-hydrogen) atoms. The molecule has 0 heterocycles. The van der Waals surface area contributed by atoms with E-state index in [1.165, 1.54) is 77.0 Å². The molecule has 8 heteroatoms. The summed E-state index contributed by atoms with van der Waals surface area (Å²) >= 11 is 0. The van der Waals surface area contributed by atoms with Gasteiger partial charge in [-0.2, -0.15) is 0 Å². The number of unbranched alkanes of at least 4 members (excludes halogenated alkanes) is 16. The maximum absolute atomic E-state index is 11.3. The summed E-state index contributed by atoms with van der Waals surface area (Å²) in [7, 11) is 0. The van der Waals surface area contributed by atoms with E-state index in [9.17, 15) is 19.2 Å². The molecule has 0 aliphatic carbocycles. The van der Waals surface area contributed by atoms with Crippen molar-refractivity contribution in [2.24, 2.45) is 0 Å². The number of carboxylic acids is 2. The highest BCUT2D eigenvalue weighted by Crippen LogP contribution is 2.09. The van der Waals surface area contributed by atoms with Crippen molar-refractivity contribution >= 4 is 23.8 Å². The van der Waals surface area contributed by atoms with Crippen molar-refractivity contribution in [3.05, 3.63) is 48.6 Å². The molecule has 4 N–H and O–H groups in total. The Hall–Kier alpha value is -3.16. The van der Waals surface area contributed by atoms with Gasteiger partial charge in [-0.25, -0.2) is 0 Å². The van der Waals surface area contributed by atoms with Crippen LogP contribution in [-0.4, -0.2) is 47.1 Å². The molecular weight excluding hydrogens is 604 g/mol. The molecule has 0 aliphatic heterocycles. The van der Waals surface area contributed by atoms with Gasteiger partial charge in [0.25, 0.3) is 0 Å². The third-order valence-electron chi connectivity index (χ3n) is 7.58. The fourth-order valence-corrected chi connectivity index (χ4v) is 4.72. The highest BCUT2D eigenvalue weighted by atomic mass is 16.4. The van der Waals surface area contributed by atoms with Crippen molar-refractivity contribution in [2.45, 2.75) is 168 Å². The van der Waals surface area contributed by atoms with Crippen molar-refractivity contribution < 1.29 is 29.4 Å². The number of rotatable bonds is 32. The molecule has 0 rings (SSSR count). The molecule has 0 aromatic rings. The zero-order valence-electron chi connectivity index (χ0n) is 30.5. The third kappa shape index (κ3) is 45.0. The Morgan fingerprint density at radius 2 is 0.708 bits per heavy atom. The summed E-state index contributed by atoms with van der Waals surface area (Å²) in [6.07, 6.45) is 44.3. The number of hydrogen-bond donors (Lipinski definition) is 4. The number of hydrogen-bond acceptors (Lipinski definition) is 4. The maximum Gasteiger partial charge on any atom is 0.322 e. The molecule has 0 aromatic carbocycles. The number of allylic oxidation sites excluding steroid dienone is 8. The first-order chi connectivity index (χ1) is 23.3. The second-order valence-corrected chi connectivity index (χ2v) is 12.3. The van der Waals surface area contributed by atoms with Crippen LogP contribution >= 0.6 is 0 Å². The largest absolute Gasteiger partial charge is 0.480 e. The lowest BCUT2D eigenvalue weighted by Crippen LogP contribution is -2.28. The number of carboxylic acid groups (broad SMARTS) is 2. The van der Waals surface area contributed by atoms with Crippen LogP contribution in [0.3, 0.4) is 0 Å². The molecule has 0 unspecified atom stereocenters. The fraction of sp³-hybridized carbons (Fsp3) is 0.700. The average molecular weight is 675 g/mol. The van der Waals surface area contributed by atoms with Gasteiger partial charge in [-0.1, -0.05) is 127 Å². The van der Waals surface area contributed by atoms with Crippen LogP contribution < -0.4 is 10.6 Å². The lowest BCUT2D eigenvalue weighted by molar-refractivity contribution is -0.138. The predicted octanol–water partition coefficient (Wildman–Crippen LogP) is 10.0. The second-order valence-electron chi connectivity index (χ2n) is 12.3. The number of nitrogens with one attached hydrogen (secondary N) is 2. The molecule has 2 amide bonds. The van der Waals surface area contributed by atoms with Crippen molar-refractivity contribution in [1.82, 2.24) is 10.6 Å². The van der Waals surface area contributed by atoms with Crippen LogP contribution in [0.4, 0.5) is 0 Å². The molecule has 8 nitrogen and oxygen atoms in total. The van der Waals surface area contributed by atoms with Gasteiger partial charge in [0.15, 0.2) is 0 Å². The second kappa shape index (κ2) is 40.0. The molecule has 0 aliphatic rings. The first kappa shape index (κ1) is 47.0. The lowest BCUT2D eigenvalue weighted by atomic mass is 10.1. The summed E-state index contributed by atoms with van der Waals surface area (Å²) in [5.74, 6) is -2.32. The highest BCUT2D eigenvalue weighted by Gasteiger charge is 2.04. The lowest BCUT2D eigenvalue weighted by Gasteiger charge is -2.02. The molecule has 0 spiro atoms. The molecular formula is C40H70N2O6. The maximum atomic E-state index is 11.3. The highest BCUT2D eigenvalue weighted by molar-refractivity contribution is 5.81. The Labute approximate surface area is 293 Å². The molecule has 0 fully saturated rings. The normalized spacial score (nSPS) is 11.4. The number of carbonyl (C=O) groups excluding carboxylic acids is 2. The van der Waals surface area contributed by atoms with Crippen LogP contribution in [0.2, 0.25) is 0 Å². The van der Waals surface area contributed by atoms with Crippen molar-refractivity contribution in [3.8, 4) is 0 Å². The van der Waals surface area contributed by atoms with Gasteiger partial charge in [-0.15, -0.1) is 0 Å².